The van der Waals surface area contributed by atoms with Crippen LogP contribution in [0.15, 0.2) is 24.3 Å². The largest absolute Gasteiger partial charge is 0.413 e. The molecule has 176 valence electrons. The van der Waals surface area contributed by atoms with Gasteiger partial charge in [0.1, 0.15) is 6.61 Å². The molecule has 0 fully saturated rings. The third kappa shape index (κ3) is 12.5. The molecule has 1 aromatic rings. The smallest absolute Gasteiger partial charge is 0.171 e. The molecule has 1 aromatic carbocycles. The summed E-state index contributed by atoms with van der Waals surface area (Å²) in [7, 11) is -1.11. The fourth-order valence-corrected chi connectivity index (χ4v) is 4.86. The van der Waals surface area contributed by atoms with Crippen molar-refractivity contribution < 1.29 is 9.16 Å². The zero-order chi connectivity index (χ0) is 23.1. The van der Waals surface area contributed by atoms with E-state index in [9.17, 15) is 0 Å². The van der Waals surface area contributed by atoms with E-state index in [1.165, 1.54) is 62.5 Å². The molecular weight excluding hydrogens is 396 g/mol. The van der Waals surface area contributed by atoms with Gasteiger partial charge in [0.15, 0.2) is 9.04 Å². The Morgan fingerprint density at radius 2 is 1.39 bits per heavy atom. The van der Waals surface area contributed by atoms with Crippen LogP contribution in [0, 0.1) is 17.3 Å². The molecule has 3 heteroatoms. The SMILES string of the molecule is CCCCCCCCCCC#CCO[C@H](C)c1ccc(C(O[SiH](C)C)C(C)(C)C)cc1. The summed E-state index contributed by atoms with van der Waals surface area (Å²) in [5.74, 6) is 6.46. The number of hydrogen-bond donors (Lipinski definition) is 0. The van der Waals surface area contributed by atoms with Gasteiger partial charge in [-0.25, -0.2) is 0 Å². The van der Waals surface area contributed by atoms with Gasteiger partial charge in [-0.1, -0.05) is 103 Å². The van der Waals surface area contributed by atoms with E-state index in [2.05, 4.69) is 83.8 Å². The van der Waals surface area contributed by atoms with E-state index in [1.54, 1.807) is 0 Å². The monoisotopic (exact) mass is 444 g/mol. The Labute approximate surface area is 195 Å². The van der Waals surface area contributed by atoms with Crippen LogP contribution in [0.5, 0.6) is 0 Å². The van der Waals surface area contributed by atoms with Crippen LogP contribution < -0.4 is 0 Å². The lowest BCUT2D eigenvalue weighted by molar-refractivity contribution is 0.0855. The van der Waals surface area contributed by atoms with Crippen LogP contribution in [0.4, 0.5) is 0 Å². The molecule has 0 radical (unpaired) electrons. The molecule has 0 saturated heterocycles. The van der Waals surface area contributed by atoms with Crippen molar-refractivity contribution in [1.29, 1.82) is 0 Å². The fraction of sp³-hybridized carbons (Fsp3) is 0.714. The van der Waals surface area contributed by atoms with Gasteiger partial charge in [0.25, 0.3) is 0 Å². The minimum atomic E-state index is -1.11. The summed E-state index contributed by atoms with van der Waals surface area (Å²) in [5, 5.41) is 0. The highest BCUT2D eigenvalue weighted by Crippen LogP contribution is 2.37. The maximum atomic E-state index is 6.34. The second-order valence-corrected chi connectivity index (χ2v) is 12.5. The average Bonchev–Trinajstić information content (AvgIpc) is 2.72. The highest BCUT2D eigenvalue weighted by molar-refractivity contribution is 6.48. The second kappa shape index (κ2) is 15.7. The average molecular weight is 445 g/mol. The fourth-order valence-electron chi connectivity index (χ4n) is 3.75. The number of unbranched alkanes of at least 4 members (excludes halogenated alkanes) is 8. The van der Waals surface area contributed by atoms with Gasteiger partial charge in [0.2, 0.25) is 0 Å². The summed E-state index contributed by atoms with van der Waals surface area (Å²) in [6.45, 7) is 16.1. The van der Waals surface area contributed by atoms with E-state index in [0.29, 0.717) is 6.61 Å². The van der Waals surface area contributed by atoms with Crippen molar-refractivity contribution in [3.8, 4) is 11.8 Å². The van der Waals surface area contributed by atoms with E-state index in [4.69, 9.17) is 9.16 Å². The normalized spacial score (nSPS) is 13.7. The van der Waals surface area contributed by atoms with Crippen LogP contribution in [0.3, 0.4) is 0 Å². The van der Waals surface area contributed by atoms with E-state index in [-0.39, 0.29) is 17.6 Å². The molecule has 31 heavy (non-hydrogen) atoms. The molecule has 0 aliphatic rings. The van der Waals surface area contributed by atoms with Crippen LogP contribution in [0.2, 0.25) is 13.1 Å². The molecule has 0 N–H and O–H groups in total. The van der Waals surface area contributed by atoms with E-state index in [1.807, 2.05) is 0 Å². The molecule has 0 aliphatic carbocycles. The molecule has 0 spiro atoms. The minimum absolute atomic E-state index is 0.0555. The quantitative estimate of drug-likeness (QED) is 0.163. The third-order valence-electron chi connectivity index (χ3n) is 5.59. The number of hydrogen-bond acceptors (Lipinski definition) is 2. The first-order valence-corrected chi connectivity index (χ1v) is 15.4. The molecule has 2 nitrogen and oxygen atoms in total. The van der Waals surface area contributed by atoms with Crippen molar-refractivity contribution in [1.82, 2.24) is 0 Å². The number of ether oxygens (including phenoxy) is 1. The predicted octanol–water partition coefficient (Wildman–Crippen LogP) is 8.39. The van der Waals surface area contributed by atoms with Gasteiger partial charge >= 0.3 is 0 Å². The van der Waals surface area contributed by atoms with Crippen LogP contribution in [-0.4, -0.2) is 15.6 Å². The van der Waals surface area contributed by atoms with E-state index < -0.39 is 9.04 Å². The first kappa shape index (κ1) is 28.0. The second-order valence-electron chi connectivity index (χ2n) is 10.1. The minimum Gasteiger partial charge on any atom is -0.413 e. The van der Waals surface area contributed by atoms with Crippen molar-refractivity contribution in [2.45, 2.75) is 118 Å². The lowest BCUT2D eigenvalue weighted by Crippen LogP contribution is -2.25. The van der Waals surface area contributed by atoms with E-state index >= 15 is 0 Å². The van der Waals surface area contributed by atoms with Crippen molar-refractivity contribution in [3.05, 3.63) is 35.4 Å². The Balaban J connectivity index is 2.34. The molecule has 0 bridgehead atoms. The van der Waals surface area contributed by atoms with Gasteiger partial charge in [-0.15, -0.1) is 5.92 Å². The lowest BCUT2D eigenvalue weighted by atomic mass is 9.84. The van der Waals surface area contributed by atoms with Crippen LogP contribution in [-0.2, 0) is 9.16 Å². The summed E-state index contributed by atoms with van der Waals surface area (Å²) in [5.41, 5.74) is 2.55. The van der Waals surface area contributed by atoms with Crippen molar-refractivity contribution >= 4 is 9.04 Å². The highest BCUT2D eigenvalue weighted by atomic mass is 28.3. The lowest BCUT2D eigenvalue weighted by Gasteiger charge is -2.33. The Morgan fingerprint density at radius 1 is 0.839 bits per heavy atom. The summed E-state index contributed by atoms with van der Waals surface area (Å²) in [6.07, 6.45) is 12.0. The zero-order valence-electron chi connectivity index (χ0n) is 21.4. The summed E-state index contributed by atoms with van der Waals surface area (Å²) >= 11 is 0. The first-order valence-electron chi connectivity index (χ1n) is 12.6. The van der Waals surface area contributed by atoms with Crippen LogP contribution >= 0.6 is 0 Å². The molecule has 0 heterocycles. The third-order valence-corrected chi connectivity index (χ3v) is 6.41. The van der Waals surface area contributed by atoms with Gasteiger partial charge in [-0.2, -0.15) is 0 Å². The maximum Gasteiger partial charge on any atom is 0.171 e. The van der Waals surface area contributed by atoms with Crippen molar-refractivity contribution in [2.24, 2.45) is 5.41 Å². The topological polar surface area (TPSA) is 18.5 Å². The van der Waals surface area contributed by atoms with Gasteiger partial charge < -0.3 is 9.16 Å². The van der Waals surface area contributed by atoms with E-state index in [0.717, 1.165) is 6.42 Å². The molecule has 2 atom stereocenters. The van der Waals surface area contributed by atoms with Gasteiger partial charge in [-0.3, -0.25) is 0 Å². The Kier molecular flexibility index (Phi) is 14.1. The molecule has 0 amide bonds. The highest BCUT2D eigenvalue weighted by Gasteiger charge is 2.27. The maximum absolute atomic E-state index is 6.34. The zero-order valence-corrected chi connectivity index (χ0v) is 22.6. The molecule has 0 aromatic heterocycles. The Bertz CT molecular complexity index is 634. The molecule has 1 unspecified atom stereocenters. The number of benzene rings is 1. The summed E-state index contributed by atoms with van der Waals surface area (Å²) < 4.78 is 12.3. The summed E-state index contributed by atoms with van der Waals surface area (Å²) in [6, 6.07) is 8.77. The van der Waals surface area contributed by atoms with Crippen LogP contribution in [0.25, 0.3) is 0 Å². The molecule has 1 rings (SSSR count). The Morgan fingerprint density at radius 3 is 1.94 bits per heavy atom. The molecular formula is C28H48O2Si. The van der Waals surface area contributed by atoms with Crippen molar-refractivity contribution in [2.75, 3.05) is 6.61 Å². The van der Waals surface area contributed by atoms with Crippen molar-refractivity contribution in [3.63, 3.8) is 0 Å². The Hall–Kier alpha value is -1.08. The first-order chi connectivity index (χ1) is 14.8. The molecule has 0 saturated carbocycles. The number of rotatable bonds is 14. The standard InChI is InChI=1S/C28H48O2Si/c1-8-9-10-11-12-13-14-15-16-17-18-23-29-24(2)25-19-21-26(22-20-25)27(28(3,4)5)30-31(6)7/h19-22,24,27,31H,8-16,23H2,1-7H3/t24-,27?/m1/s1. The van der Waals surface area contributed by atoms with Gasteiger partial charge in [0.05, 0.1) is 12.2 Å². The summed E-state index contributed by atoms with van der Waals surface area (Å²) in [4.78, 5) is 0. The van der Waals surface area contributed by atoms with Gasteiger partial charge in [-0.05, 0) is 43.0 Å². The van der Waals surface area contributed by atoms with Crippen LogP contribution in [0.1, 0.15) is 116 Å². The predicted molar refractivity (Wildman–Crippen MR) is 138 cm³/mol. The van der Waals surface area contributed by atoms with Gasteiger partial charge in [0, 0.05) is 6.42 Å². The molecule has 0 aliphatic heterocycles.